The number of ether oxygens (including phenoxy) is 4. The number of unbranched alkanes of at least 4 members (excludes halogenated alkanes) is 32. The van der Waals surface area contributed by atoms with Crippen LogP contribution in [0.4, 0.5) is 0 Å². The van der Waals surface area contributed by atoms with Gasteiger partial charge in [0.25, 0.3) is 0 Å². The summed E-state index contributed by atoms with van der Waals surface area (Å²) >= 11 is 0. The predicted octanol–water partition coefficient (Wildman–Crippen LogP) is 19.8. The molecular formula is C71H134O17P2. The van der Waals surface area contributed by atoms with Crippen molar-refractivity contribution in [3.8, 4) is 0 Å². The molecule has 0 saturated carbocycles. The van der Waals surface area contributed by atoms with Gasteiger partial charge in [-0.3, -0.25) is 37.3 Å². The molecule has 530 valence electrons. The smallest absolute Gasteiger partial charge is 0.462 e. The molecule has 0 amide bonds. The summed E-state index contributed by atoms with van der Waals surface area (Å²) in [5, 5.41) is 10.6. The van der Waals surface area contributed by atoms with Crippen molar-refractivity contribution >= 4 is 39.5 Å². The summed E-state index contributed by atoms with van der Waals surface area (Å²) in [5.41, 5.74) is 0. The molecule has 19 heteroatoms. The maximum atomic E-state index is 13.0. The molecule has 0 aliphatic rings. The summed E-state index contributed by atoms with van der Waals surface area (Å²) in [6.45, 7) is 11.7. The Bertz CT molecular complexity index is 1860. The van der Waals surface area contributed by atoms with Gasteiger partial charge in [-0.15, -0.1) is 0 Å². The fourth-order valence-electron chi connectivity index (χ4n) is 10.2. The molecule has 0 aliphatic heterocycles. The van der Waals surface area contributed by atoms with E-state index in [1.54, 1.807) is 0 Å². The van der Waals surface area contributed by atoms with Gasteiger partial charge in [-0.2, -0.15) is 0 Å². The molecular weight excluding hydrogens is 1190 g/mol. The van der Waals surface area contributed by atoms with Crippen LogP contribution in [0.15, 0.2) is 24.3 Å². The highest BCUT2D eigenvalue weighted by molar-refractivity contribution is 7.47. The number of phosphoric ester groups is 2. The number of aliphatic hydroxyl groups excluding tert-OH is 1. The normalized spacial score (nSPS) is 14.4. The second-order valence-electron chi connectivity index (χ2n) is 26.4. The summed E-state index contributed by atoms with van der Waals surface area (Å²) in [6, 6.07) is 0. The lowest BCUT2D eigenvalue weighted by Crippen LogP contribution is -2.30. The topological polar surface area (TPSA) is 237 Å². The molecule has 0 saturated heterocycles. The Kier molecular flexibility index (Phi) is 59.7. The number of hydrogen-bond acceptors (Lipinski definition) is 15. The first-order chi connectivity index (χ1) is 43.2. The second-order valence-corrected chi connectivity index (χ2v) is 29.3. The van der Waals surface area contributed by atoms with Crippen LogP contribution in [0.3, 0.4) is 0 Å². The molecule has 0 rings (SSSR count). The molecule has 0 aromatic rings. The van der Waals surface area contributed by atoms with Crippen LogP contribution < -0.4 is 0 Å². The van der Waals surface area contributed by atoms with Crippen molar-refractivity contribution in [1.82, 2.24) is 0 Å². The van der Waals surface area contributed by atoms with Crippen LogP contribution >= 0.6 is 15.6 Å². The van der Waals surface area contributed by atoms with Crippen molar-refractivity contribution in [2.24, 2.45) is 17.8 Å². The number of hydrogen-bond donors (Lipinski definition) is 3. The van der Waals surface area contributed by atoms with Gasteiger partial charge in [-0.05, 0) is 69.1 Å². The Balaban J connectivity index is 5.28. The summed E-state index contributed by atoms with van der Waals surface area (Å²) in [6.07, 6.45) is 48.1. The van der Waals surface area contributed by atoms with Gasteiger partial charge in [0.2, 0.25) is 0 Å². The van der Waals surface area contributed by atoms with Crippen molar-refractivity contribution < 1.29 is 80.2 Å². The minimum Gasteiger partial charge on any atom is -0.462 e. The minimum atomic E-state index is -4.96. The third-order valence-corrected chi connectivity index (χ3v) is 17.7. The van der Waals surface area contributed by atoms with Crippen LogP contribution in [0, 0.1) is 17.8 Å². The van der Waals surface area contributed by atoms with Crippen molar-refractivity contribution in [3.63, 3.8) is 0 Å². The SMILES string of the molecule is CCCCCC/C=C\C=C/CCCCCCCC(=O)O[C@H](COC(=O)CCCCCCCCC(C)C)COP(=O)(O)OC[C@H](O)COP(=O)(O)OC[C@@H](COC(=O)CCCCCCCCCCCCC(C)C)OC(=O)CCCCCCCCCCCCC(C)C. The van der Waals surface area contributed by atoms with Crippen molar-refractivity contribution in [1.29, 1.82) is 0 Å². The van der Waals surface area contributed by atoms with Gasteiger partial charge < -0.3 is 33.8 Å². The van der Waals surface area contributed by atoms with E-state index in [-0.39, 0.29) is 25.7 Å². The Morgan fingerprint density at radius 2 is 0.600 bits per heavy atom. The van der Waals surface area contributed by atoms with E-state index in [2.05, 4.69) is 72.8 Å². The van der Waals surface area contributed by atoms with Crippen LogP contribution in [-0.2, 0) is 65.4 Å². The molecule has 5 atom stereocenters. The van der Waals surface area contributed by atoms with Gasteiger partial charge in [0.05, 0.1) is 26.4 Å². The lowest BCUT2D eigenvalue weighted by atomic mass is 10.0. The quantitative estimate of drug-likeness (QED) is 0.0169. The Morgan fingerprint density at radius 3 is 0.900 bits per heavy atom. The van der Waals surface area contributed by atoms with E-state index in [0.717, 1.165) is 121 Å². The maximum Gasteiger partial charge on any atom is 0.472 e. The molecule has 0 radical (unpaired) electrons. The molecule has 17 nitrogen and oxygen atoms in total. The number of phosphoric acid groups is 2. The average molecular weight is 1320 g/mol. The number of carbonyl (C=O) groups is 4. The number of allylic oxidation sites excluding steroid dienone is 4. The van der Waals surface area contributed by atoms with E-state index >= 15 is 0 Å². The van der Waals surface area contributed by atoms with Gasteiger partial charge in [0.1, 0.15) is 19.3 Å². The van der Waals surface area contributed by atoms with Crippen LogP contribution in [0.1, 0.15) is 331 Å². The number of aliphatic hydroxyl groups is 1. The first-order valence-corrected chi connectivity index (χ1v) is 39.2. The highest BCUT2D eigenvalue weighted by Crippen LogP contribution is 2.45. The molecule has 0 fully saturated rings. The minimum absolute atomic E-state index is 0.0835. The third kappa shape index (κ3) is 64.3. The maximum absolute atomic E-state index is 13.0. The molecule has 0 aromatic heterocycles. The predicted molar refractivity (Wildman–Crippen MR) is 363 cm³/mol. The molecule has 2 unspecified atom stereocenters. The van der Waals surface area contributed by atoms with E-state index in [9.17, 15) is 43.2 Å². The van der Waals surface area contributed by atoms with Crippen LogP contribution in [-0.4, -0.2) is 96.7 Å². The highest BCUT2D eigenvalue weighted by atomic mass is 31.2. The molecule has 0 bridgehead atoms. The zero-order valence-corrected chi connectivity index (χ0v) is 59.9. The molecule has 0 spiro atoms. The van der Waals surface area contributed by atoms with Gasteiger partial charge in [-0.1, -0.05) is 278 Å². The number of carbonyl (C=O) groups excluding carboxylic acids is 4. The van der Waals surface area contributed by atoms with Gasteiger partial charge in [0.15, 0.2) is 12.2 Å². The fraction of sp³-hybridized carbons (Fsp3) is 0.887. The summed E-state index contributed by atoms with van der Waals surface area (Å²) < 4.78 is 68.2. The zero-order chi connectivity index (χ0) is 66.6. The monoisotopic (exact) mass is 1320 g/mol. The first-order valence-electron chi connectivity index (χ1n) is 36.2. The molecule has 0 heterocycles. The number of esters is 4. The lowest BCUT2D eigenvalue weighted by molar-refractivity contribution is -0.161. The van der Waals surface area contributed by atoms with E-state index in [0.29, 0.717) is 31.6 Å². The standard InChI is InChI=1S/C71H134O17P2/c1-8-9-10-11-12-13-14-15-16-17-18-26-31-40-47-54-70(75)88-67(59-82-69(74)53-46-39-34-33-37-44-51-64(6)7)61-86-90(79,80)84-57-65(72)56-83-89(77,78)85-60-66(87-71(76)55-48-41-32-27-22-20-24-29-36-43-50-63(4)5)58-81-68(73)52-45-38-30-25-21-19-23-28-35-42-49-62(2)3/h13-16,62-67,72H,8-12,17-61H2,1-7H3,(H,77,78)(H,79,80)/b14-13-,16-15-/t65-,66-,67-/m1/s1. The zero-order valence-electron chi connectivity index (χ0n) is 58.1. The van der Waals surface area contributed by atoms with Gasteiger partial charge >= 0.3 is 39.5 Å². The van der Waals surface area contributed by atoms with Gasteiger partial charge in [0, 0.05) is 25.7 Å². The highest BCUT2D eigenvalue weighted by Gasteiger charge is 2.30. The summed E-state index contributed by atoms with van der Waals surface area (Å²) in [5.74, 6) is 0.0255. The first kappa shape index (κ1) is 87.5. The largest absolute Gasteiger partial charge is 0.472 e. The molecule has 3 N–H and O–H groups in total. The molecule has 90 heavy (non-hydrogen) atoms. The lowest BCUT2D eigenvalue weighted by Gasteiger charge is -2.21. The van der Waals surface area contributed by atoms with E-state index < -0.39 is 97.5 Å². The summed E-state index contributed by atoms with van der Waals surface area (Å²) in [7, 11) is -9.92. The fourth-order valence-corrected chi connectivity index (χ4v) is 11.8. The van der Waals surface area contributed by atoms with Gasteiger partial charge in [-0.25, -0.2) is 9.13 Å². The Labute approximate surface area is 548 Å². The number of rotatable bonds is 67. The van der Waals surface area contributed by atoms with Crippen LogP contribution in [0.5, 0.6) is 0 Å². The van der Waals surface area contributed by atoms with E-state index in [4.69, 9.17) is 37.0 Å². The molecule has 0 aliphatic carbocycles. The van der Waals surface area contributed by atoms with E-state index in [1.807, 2.05) is 0 Å². The Morgan fingerprint density at radius 1 is 0.344 bits per heavy atom. The second kappa shape index (κ2) is 61.4. The molecule has 0 aromatic carbocycles. The van der Waals surface area contributed by atoms with Crippen molar-refractivity contribution in [2.75, 3.05) is 39.6 Å². The van der Waals surface area contributed by atoms with Crippen LogP contribution in [0.25, 0.3) is 0 Å². The summed E-state index contributed by atoms with van der Waals surface area (Å²) in [4.78, 5) is 72.5. The van der Waals surface area contributed by atoms with Crippen molar-refractivity contribution in [2.45, 2.75) is 349 Å². The Hall–Kier alpha value is -2.46. The van der Waals surface area contributed by atoms with E-state index in [1.165, 1.54) is 122 Å². The third-order valence-electron chi connectivity index (χ3n) is 15.8. The van der Waals surface area contributed by atoms with Crippen LogP contribution in [0.2, 0.25) is 0 Å². The average Bonchev–Trinajstić information content (AvgIpc) is 2.73. The van der Waals surface area contributed by atoms with Crippen molar-refractivity contribution in [3.05, 3.63) is 24.3 Å².